The zero-order chi connectivity index (χ0) is 30.6. The Labute approximate surface area is 226 Å². The molecule has 0 bridgehead atoms. The van der Waals surface area contributed by atoms with Gasteiger partial charge in [0.05, 0.1) is 18.5 Å². The Bertz CT molecular complexity index is 1340. The maximum atomic E-state index is 14.6. The molecule has 5 atom stereocenters. The summed E-state index contributed by atoms with van der Waals surface area (Å²) in [5.74, 6) is -4.13. The molecular formula is C28H34FN3O6. The van der Waals surface area contributed by atoms with Gasteiger partial charge in [-0.1, -0.05) is 44.1 Å². The summed E-state index contributed by atoms with van der Waals surface area (Å²) >= 11 is 0. The van der Waals surface area contributed by atoms with Crippen LogP contribution in [-0.2, 0) is 32.1 Å². The number of halogens is 1. The van der Waals surface area contributed by atoms with Crippen LogP contribution in [0.25, 0.3) is 0 Å². The number of fused-ring (bicyclic) bond motifs is 3. The molecule has 1 aromatic rings. The molecule has 3 heterocycles. The number of nitrogens with one attached hydrogen (secondary N) is 1. The van der Waals surface area contributed by atoms with Gasteiger partial charge in [-0.3, -0.25) is 14.5 Å². The first kappa shape index (κ1) is 21.5. The third-order valence-corrected chi connectivity index (χ3v) is 7.81. The highest BCUT2D eigenvalue weighted by Gasteiger charge is 2.61. The van der Waals surface area contributed by atoms with Crippen molar-refractivity contribution in [2.24, 2.45) is 11.8 Å². The number of hydrogen-bond donors (Lipinski definition) is 2. The number of nitrogens with zero attached hydrogens (tertiary/aromatic N) is 2. The smallest absolute Gasteiger partial charge is 0.410 e. The molecule has 0 aromatic heterocycles. The Hall–Kier alpha value is -3.43. The van der Waals surface area contributed by atoms with E-state index < -0.39 is 71.9 Å². The monoisotopic (exact) mass is 531 g/mol. The lowest BCUT2D eigenvalue weighted by molar-refractivity contribution is -0.146. The Kier molecular flexibility index (Phi) is 5.87. The Balaban J connectivity index is 1.39. The van der Waals surface area contributed by atoms with Crippen molar-refractivity contribution in [2.45, 2.75) is 82.5 Å². The van der Waals surface area contributed by atoms with Crippen LogP contribution in [0.4, 0.5) is 9.18 Å². The van der Waals surface area contributed by atoms with Gasteiger partial charge in [0.2, 0.25) is 11.8 Å². The van der Waals surface area contributed by atoms with Crippen LogP contribution in [-0.4, -0.2) is 63.0 Å². The molecular weight excluding hydrogens is 493 g/mol. The Morgan fingerprint density at radius 2 is 2.05 bits per heavy atom. The summed E-state index contributed by atoms with van der Waals surface area (Å²) < 4.78 is 53.7. The van der Waals surface area contributed by atoms with Gasteiger partial charge in [-0.2, -0.15) is 0 Å². The second-order valence-electron chi connectivity index (χ2n) is 10.5. The lowest BCUT2D eigenvalue weighted by atomic mass is 10.0. The standard InChI is InChI=1S/C28H34FN3O6/c1-17-8-5-3-2-4-6-10-19-13-28(19,26(35)36)30-24(33)23-12-20(15-32(23)25(17)34)38-27(37)31-14-18-9-7-11-22(29)21(18)16-31/h6-7,9-11,17,19-20,23H,2-5,8,12-16H2,1H3,(H,30,33)(H,35,36)/b10-6-/t17-,19+,20+,23-,28+/m0/s1/i14D2,16D2. The van der Waals surface area contributed by atoms with E-state index >= 15 is 0 Å². The third kappa shape index (κ3) is 5.00. The molecule has 5 rings (SSSR count). The number of aliphatic carboxylic acids is 1. The zero-order valence-corrected chi connectivity index (χ0v) is 21.1. The largest absolute Gasteiger partial charge is 0.479 e. The SMILES string of the molecule is [2H]C1([2H])c2cccc(F)c2C([2H])([2H])N1C(=O)O[C@@H]1C[C@H]2C(=O)N[C@]3(C(=O)O)C[C@H]3/C=C\CCCCC[C@H](C)C(=O)N2C1. The highest BCUT2D eigenvalue weighted by molar-refractivity contribution is 5.95. The molecule has 1 saturated heterocycles. The molecule has 4 aliphatic rings. The second kappa shape index (κ2) is 10.4. The van der Waals surface area contributed by atoms with Crippen molar-refractivity contribution >= 4 is 23.9 Å². The highest BCUT2D eigenvalue weighted by atomic mass is 19.1. The number of allylic oxidation sites excluding steroid dienone is 1. The first-order chi connectivity index (χ1) is 19.7. The molecule has 3 amide bonds. The van der Waals surface area contributed by atoms with Crippen LogP contribution in [0.15, 0.2) is 30.4 Å². The summed E-state index contributed by atoms with van der Waals surface area (Å²) in [5, 5.41) is 12.5. The van der Waals surface area contributed by atoms with E-state index in [0.717, 1.165) is 31.7 Å². The van der Waals surface area contributed by atoms with Gasteiger partial charge in [0.15, 0.2) is 0 Å². The number of carboxylic acids is 1. The molecule has 0 spiro atoms. The van der Waals surface area contributed by atoms with Crippen molar-refractivity contribution in [2.75, 3.05) is 6.54 Å². The van der Waals surface area contributed by atoms with Crippen molar-refractivity contribution in [3.05, 3.63) is 47.3 Å². The molecule has 1 saturated carbocycles. The van der Waals surface area contributed by atoms with E-state index in [9.17, 15) is 28.7 Å². The number of carboxylic acid groups (broad SMARTS) is 1. The summed E-state index contributed by atoms with van der Waals surface area (Å²) in [7, 11) is 0. The van der Waals surface area contributed by atoms with Crippen molar-refractivity contribution < 1.29 is 38.9 Å². The van der Waals surface area contributed by atoms with Gasteiger partial charge < -0.3 is 20.1 Å². The average Bonchev–Trinajstić information content (AvgIpc) is 3.38. The minimum absolute atomic E-state index is 0.189. The van der Waals surface area contributed by atoms with Crippen LogP contribution in [0, 0.1) is 17.7 Å². The zero-order valence-electron chi connectivity index (χ0n) is 25.1. The molecule has 0 unspecified atom stereocenters. The van der Waals surface area contributed by atoms with Crippen LogP contribution in [0.2, 0.25) is 0 Å². The number of benzene rings is 1. The first-order valence-electron chi connectivity index (χ1n) is 15.0. The molecule has 1 aromatic carbocycles. The van der Waals surface area contributed by atoms with Crippen molar-refractivity contribution in [1.29, 1.82) is 0 Å². The number of hydrogen-bond acceptors (Lipinski definition) is 5. The normalized spacial score (nSPS) is 36.5. The first-order valence-corrected chi connectivity index (χ1v) is 13.0. The predicted molar refractivity (Wildman–Crippen MR) is 134 cm³/mol. The lowest BCUT2D eigenvalue weighted by Gasteiger charge is -2.27. The summed E-state index contributed by atoms with van der Waals surface area (Å²) in [6.45, 7) is -4.11. The van der Waals surface area contributed by atoms with Crippen LogP contribution in [0.1, 0.15) is 68.5 Å². The van der Waals surface area contributed by atoms with Crippen LogP contribution < -0.4 is 5.32 Å². The van der Waals surface area contributed by atoms with Crippen molar-refractivity contribution in [3.63, 3.8) is 0 Å². The Morgan fingerprint density at radius 1 is 1.24 bits per heavy atom. The number of carbonyl (C=O) groups excluding carboxylic acids is 3. The fourth-order valence-corrected chi connectivity index (χ4v) is 5.48. The van der Waals surface area contributed by atoms with Crippen LogP contribution >= 0.6 is 0 Å². The number of rotatable bonds is 2. The maximum Gasteiger partial charge on any atom is 0.410 e. The third-order valence-electron chi connectivity index (χ3n) is 7.81. The van der Waals surface area contributed by atoms with E-state index in [1.807, 2.05) is 6.08 Å². The fourth-order valence-electron chi connectivity index (χ4n) is 5.48. The van der Waals surface area contributed by atoms with Crippen molar-refractivity contribution in [3.8, 4) is 0 Å². The summed E-state index contributed by atoms with van der Waals surface area (Å²) in [5.41, 5.74) is -2.46. The highest BCUT2D eigenvalue weighted by Crippen LogP contribution is 2.45. The van der Waals surface area contributed by atoms with Gasteiger partial charge in [-0.15, -0.1) is 0 Å². The van der Waals surface area contributed by atoms with Gasteiger partial charge in [0, 0.05) is 30.3 Å². The van der Waals surface area contributed by atoms with Crippen molar-refractivity contribution in [1.82, 2.24) is 15.1 Å². The predicted octanol–water partition coefficient (Wildman–Crippen LogP) is 3.36. The summed E-state index contributed by atoms with van der Waals surface area (Å²) in [4.78, 5) is 53.9. The molecule has 9 nitrogen and oxygen atoms in total. The molecule has 38 heavy (non-hydrogen) atoms. The van der Waals surface area contributed by atoms with Crippen LogP contribution in [0.5, 0.6) is 0 Å². The molecule has 10 heteroatoms. The van der Waals surface area contributed by atoms with E-state index in [1.54, 1.807) is 13.0 Å². The number of carbonyl (C=O) groups is 4. The van der Waals surface area contributed by atoms with Gasteiger partial charge in [-0.05, 0) is 37.3 Å². The second-order valence-corrected chi connectivity index (χ2v) is 10.5. The van der Waals surface area contributed by atoms with Gasteiger partial charge in [0.25, 0.3) is 0 Å². The molecule has 2 N–H and O–H groups in total. The van der Waals surface area contributed by atoms with Gasteiger partial charge in [0.1, 0.15) is 23.5 Å². The maximum absolute atomic E-state index is 14.6. The minimum Gasteiger partial charge on any atom is -0.479 e. The quantitative estimate of drug-likeness (QED) is 0.566. The molecule has 3 aliphatic heterocycles. The lowest BCUT2D eigenvalue weighted by Crippen LogP contribution is -2.53. The van der Waals surface area contributed by atoms with Gasteiger partial charge in [-0.25, -0.2) is 14.0 Å². The molecule has 2 fully saturated rings. The molecule has 0 radical (unpaired) electrons. The number of ether oxygens (including phenoxy) is 1. The van der Waals surface area contributed by atoms with Gasteiger partial charge >= 0.3 is 12.1 Å². The van der Waals surface area contributed by atoms with E-state index in [0.29, 0.717) is 6.42 Å². The summed E-state index contributed by atoms with van der Waals surface area (Å²) in [6.07, 6.45) is 5.07. The fraction of sp³-hybridized carbons (Fsp3) is 0.571. The number of amides is 3. The van der Waals surface area contributed by atoms with E-state index in [2.05, 4.69) is 5.32 Å². The topological polar surface area (TPSA) is 116 Å². The van der Waals surface area contributed by atoms with Crippen LogP contribution in [0.3, 0.4) is 0 Å². The molecule has 1 aliphatic carbocycles. The van der Waals surface area contributed by atoms with E-state index in [1.165, 1.54) is 17.0 Å². The Morgan fingerprint density at radius 3 is 2.82 bits per heavy atom. The van der Waals surface area contributed by atoms with E-state index in [-0.39, 0.29) is 35.8 Å². The van der Waals surface area contributed by atoms with E-state index in [4.69, 9.17) is 10.2 Å². The molecule has 204 valence electrons. The average molecular weight is 532 g/mol. The minimum atomic E-state index is -2.88. The summed E-state index contributed by atoms with van der Waals surface area (Å²) in [6, 6.07) is 2.22.